The lowest BCUT2D eigenvalue weighted by molar-refractivity contribution is -0.274. The molecule has 0 aliphatic heterocycles. The molecule has 0 spiro atoms. The second-order valence-corrected chi connectivity index (χ2v) is 5.65. The Balaban J connectivity index is 2.35. The van der Waals surface area contributed by atoms with E-state index in [2.05, 4.69) is 20.7 Å². The van der Waals surface area contributed by atoms with Crippen molar-refractivity contribution in [1.29, 1.82) is 0 Å². The highest BCUT2D eigenvalue weighted by molar-refractivity contribution is 9.10. The molecule has 0 aliphatic carbocycles. The van der Waals surface area contributed by atoms with Gasteiger partial charge in [0.05, 0.1) is 16.1 Å². The molecule has 0 radical (unpaired) electrons. The summed E-state index contributed by atoms with van der Waals surface area (Å²) in [6.07, 6.45) is -4.80. The van der Waals surface area contributed by atoms with Crippen molar-refractivity contribution in [2.24, 2.45) is 5.73 Å². The molecule has 4 N–H and O–H groups in total. The lowest BCUT2D eigenvalue weighted by atomic mass is 9.97. The minimum atomic E-state index is -4.80. The van der Waals surface area contributed by atoms with Crippen LogP contribution in [0.1, 0.15) is 27.5 Å². The Morgan fingerprint density at radius 3 is 2.29 bits per heavy atom. The zero-order valence-corrected chi connectivity index (χ0v) is 13.4. The number of aromatic hydroxyl groups is 1. The van der Waals surface area contributed by atoms with Gasteiger partial charge in [-0.05, 0) is 45.8 Å². The third-order valence-electron chi connectivity index (χ3n) is 3.15. The van der Waals surface area contributed by atoms with Crippen LogP contribution in [0.5, 0.6) is 11.5 Å². The molecule has 2 rings (SSSR count). The molecule has 0 aliphatic rings. The number of ether oxygens (including phenoxy) is 1. The fourth-order valence-electron chi connectivity index (χ4n) is 2.04. The van der Waals surface area contributed by atoms with Gasteiger partial charge in [0, 0.05) is 5.56 Å². The number of hydrogen-bond donors (Lipinski definition) is 3. The Kier molecular flexibility index (Phi) is 5.05. The first-order chi connectivity index (χ1) is 11.1. The summed E-state index contributed by atoms with van der Waals surface area (Å²) in [5, 5.41) is 19.1. The third kappa shape index (κ3) is 4.18. The van der Waals surface area contributed by atoms with Gasteiger partial charge in [-0.2, -0.15) is 0 Å². The second kappa shape index (κ2) is 6.70. The van der Waals surface area contributed by atoms with Crippen LogP contribution in [-0.4, -0.2) is 22.5 Å². The second-order valence-electron chi connectivity index (χ2n) is 4.80. The number of aromatic carboxylic acids is 1. The summed E-state index contributed by atoms with van der Waals surface area (Å²) in [6, 6.07) is 6.23. The molecule has 0 amide bonds. The predicted octanol–water partition coefficient (Wildman–Crippen LogP) is 3.80. The number of phenolic OH excluding ortho intramolecular Hbond substituents is 1. The molecule has 128 valence electrons. The zero-order chi connectivity index (χ0) is 18.1. The number of carboxylic acid groups (broad SMARTS) is 1. The van der Waals surface area contributed by atoms with Gasteiger partial charge in [-0.15, -0.1) is 13.2 Å². The molecular formula is C15H11BrF3NO4. The molecule has 2 aromatic carbocycles. The summed E-state index contributed by atoms with van der Waals surface area (Å²) < 4.78 is 40.3. The van der Waals surface area contributed by atoms with Gasteiger partial charge in [0.1, 0.15) is 11.5 Å². The highest BCUT2D eigenvalue weighted by Crippen LogP contribution is 2.35. The van der Waals surface area contributed by atoms with Gasteiger partial charge >= 0.3 is 12.3 Å². The number of phenols is 1. The summed E-state index contributed by atoms with van der Waals surface area (Å²) >= 11 is 3.04. The van der Waals surface area contributed by atoms with Crippen molar-refractivity contribution in [2.45, 2.75) is 12.4 Å². The van der Waals surface area contributed by atoms with Crippen molar-refractivity contribution < 1.29 is 32.9 Å². The van der Waals surface area contributed by atoms with Crippen molar-refractivity contribution in [3.8, 4) is 11.5 Å². The van der Waals surface area contributed by atoms with E-state index in [-0.39, 0.29) is 21.3 Å². The van der Waals surface area contributed by atoms with E-state index in [1.165, 1.54) is 24.3 Å². The van der Waals surface area contributed by atoms with E-state index in [0.29, 0.717) is 5.56 Å². The Hall–Kier alpha value is -2.26. The maximum absolute atomic E-state index is 12.1. The molecule has 0 fully saturated rings. The van der Waals surface area contributed by atoms with Crippen LogP contribution in [0.2, 0.25) is 0 Å². The first kappa shape index (κ1) is 18.1. The Bertz CT molecular complexity index is 763. The number of carboxylic acids is 1. The first-order valence-corrected chi connectivity index (χ1v) is 7.25. The molecule has 0 heterocycles. The SMILES string of the molecule is N[C@@H](c1ccc(OC(F)(F)F)cc1)c1cc(C(=O)O)cc(Br)c1O. The molecule has 0 bridgehead atoms. The molecule has 0 aromatic heterocycles. The average Bonchev–Trinajstić information content (AvgIpc) is 2.48. The molecule has 0 saturated heterocycles. The largest absolute Gasteiger partial charge is 0.573 e. The highest BCUT2D eigenvalue weighted by Gasteiger charge is 2.31. The van der Waals surface area contributed by atoms with Gasteiger partial charge in [-0.3, -0.25) is 0 Å². The highest BCUT2D eigenvalue weighted by atomic mass is 79.9. The fourth-order valence-corrected chi connectivity index (χ4v) is 2.51. The number of alkyl halides is 3. The number of halogens is 4. The van der Waals surface area contributed by atoms with Crippen molar-refractivity contribution >= 4 is 21.9 Å². The Morgan fingerprint density at radius 1 is 1.21 bits per heavy atom. The van der Waals surface area contributed by atoms with Crippen LogP contribution in [0.4, 0.5) is 13.2 Å². The minimum Gasteiger partial charge on any atom is -0.506 e. The van der Waals surface area contributed by atoms with Gasteiger partial charge in [-0.25, -0.2) is 4.79 Å². The molecule has 9 heteroatoms. The number of carbonyl (C=O) groups is 1. The molecule has 5 nitrogen and oxygen atoms in total. The van der Waals surface area contributed by atoms with E-state index in [1.807, 2.05) is 0 Å². The Labute approximate surface area is 142 Å². The van der Waals surface area contributed by atoms with Crippen LogP contribution in [0.3, 0.4) is 0 Å². The van der Waals surface area contributed by atoms with Crippen LogP contribution >= 0.6 is 15.9 Å². The van der Waals surface area contributed by atoms with Gasteiger partial charge in [0.25, 0.3) is 0 Å². The summed E-state index contributed by atoms with van der Waals surface area (Å²) in [6.45, 7) is 0. The fraction of sp³-hybridized carbons (Fsp3) is 0.133. The zero-order valence-electron chi connectivity index (χ0n) is 11.8. The number of nitrogens with two attached hydrogens (primary N) is 1. The predicted molar refractivity (Wildman–Crippen MR) is 81.9 cm³/mol. The van der Waals surface area contributed by atoms with E-state index in [4.69, 9.17) is 10.8 Å². The average molecular weight is 406 g/mol. The lowest BCUT2D eigenvalue weighted by Gasteiger charge is -2.17. The number of rotatable bonds is 4. The molecule has 0 unspecified atom stereocenters. The van der Waals surface area contributed by atoms with Gasteiger partial charge in [0.2, 0.25) is 0 Å². The van der Waals surface area contributed by atoms with Crippen LogP contribution in [0.15, 0.2) is 40.9 Å². The van der Waals surface area contributed by atoms with E-state index in [0.717, 1.165) is 12.1 Å². The van der Waals surface area contributed by atoms with Crippen LogP contribution < -0.4 is 10.5 Å². The summed E-state index contributed by atoms with van der Waals surface area (Å²) in [5.41, 5.74) is 6.39. The third-order valence-corrected chi connectivity index (χ3v) is 3.75. The summed E-state index contributed by atoms with van der Waals surface area (Å²) in [4.78, 5) is 11.1. The Morgan fingerprint density at radius 2 is 1.79 bits per heavy atom. The standard InChI is InChI=1S/C15H11BrF3NO4/c16-11-6-8(14(22)23)5-10(13(11)21)12(20)7-1-3-9(4-2-7)24-15(17,18)19/h1-6,12,21H,20H2,(H,22,23)/t12-/m0/s1. The van der Waals surface area contributed by atoms with Crippen molar-refractivity contribution in [3.63, 3.8) is 0 Å². The van der Waals surface area contributed by atoms with Gasteiger partial charge in [0.15, 0.2) is 0 Å². The maximum Gasteiger partial charge on any atom is 0.573 e. The van der Waals surface area contributed by atoms with Crippen LogP contribution in [0, 0.1) is 0 Å². The summed E-state index contributed by atoms with van der Waals surface area (Å²) in [7, 11) is 0. The van der Waals surface area contributed by atoms with Crippen molar-refractivity contribution in [2.75, 3.05) is 0 Å². The number of benzene rings is 2. The van der Waals surface area contributed by atoms with Gasteiger partial charge in [-0.1, -0.05) is 12.1 Å². The van der Waals surface area contributed by atoms with Crippen molar-refractivity contribution in [1.82, 2.24) is 0 Å². The normalized spacial score (nSPS) is 12.7. The van der Waals surface area contributed by atoms with Crippen molar-refractivity contribution in [3.05, 3.63) is 57.6 Å². The first-order valence-electron chi connectivity index (χ1n) is 6.45. The van der Waals surface area contributed by atoms with E-state index < -0.39 is 24.1 Å². The lowest BCUT2D eigenvalue weighted by Crippen LogP contribution is -2.17. The molecule has 1 atom stereocenters. The topological polar surface area (TPSA) is 92.8 Å². The van der Waals surface area contributed by atoms with E-state index in [1.54, 1.807) is 0 Å². The minimum absolute atomic E-state index is 0.0952. The molecule has 24 heavy (non-hydrogen) atoms. The van der Waals surface area contributed by atoms with Gasteiger partial charge < -0.3 is 20.7 Å². The number of hydrogen-bond acceptors (Lipinski definition) is 4. The molecular weight excluding hydrogens is 395 g/mol. The van der Waals surface area contributed by atoms with Crippen LogP contribution in [-0.2, 0) is 0 Å². The quantitative estimate of drug-likeness (QED) is 0.719. The van der Waals surface area contributed by atoms with E-state index in [9.17, 15) is 23.1 Å². The smallest absolute Gasteiger partial charge is 0.506 e. The van der Waals surface area contributed by atoms with E-state index >= 15 is 0 Å². The summed E-state index contributed by atoms with van der Waals surface area (Å²) in [5.74, 6) is -1.87. The molecule has 2 aromatic rings. The van der Waals surface area contributed by atoms with Crippen LogP contribution in [0.25, 0.3) is 0 Å². The molecule has 0 saturated carbocycles. The monoisotopic (exact) mass is 405 g/mol. The maximum atomic E-state index is 12.1.